The molecule has 4 aromatic rings. The van der Waals surface area contributed by atoms with Crippen LogP contribution in [0.25, 0.3) is 17.1 Å². The Morgan fingerprint density at radius 3 is 2.44 bits per heavy atom. The van der Waals surface area contributed by atoms with E-state index < -0.39 is 5.54 Å². The average molecular weight is 481 g/mol. The van der Waals surface area contributed by atoms with Crippen molar-refractivity contribution >= 4 is 17.5 Å². The smallest absolute Gasteiger partial charge is 0.274 e. The van der Waals surface area contributed by atoms with Crippen molar-refractivity contribution < 1.29 is 9.59 Å². The molecule has 5 heterocycles. The Labute approximate surface area is 207 Å². The summed E-state index contributed by atoms with van der Waals surface area (Å²) in [6.07, 6.45) is 9.26. The van der Waals surface area contributed by atoms with Crippen molar-refractivity contribution in [2.24, 2.45) is 0 Å². The normalized spacial score (nSPS) is 17.1. The molecule has 1 aromatic carbocycles. The van der Waals surface area contributed by atoms with E-state index in [-0.39, 0.29) is 11.8 Å². The summed E-state index contributed by atoms with van der Waals surface area (Å²) < 4.78 is 1.63. The Balaban J connectivity index is 1.22. The first-order valence-corrected chi connectivity index (χ1v) is 11.8. The number of rotatable bonds is 4. The third-order valence-electron chi connectivity index (χ3n) is 6.87. The molecule has 0 radical (unpaired) electrons. The molecule has 0 saturated carbocycles. The number of hydrogen-bond acceptors (Lipinski definition) is 7. The SMILES string of the molecule is O=C(c1cc(-c2ccncc2)n(-c2cnccn2)n1)N1CCC2(CC1)NCN(c1ccccc1)C2=O. The fourth-order valence-corrected chi connectivity index (χ4v) is 4.89. The zero-order chi connectivity index (χ0) is 24.5. The van der Waals surface area contributed by atoms with E-state index in [1.165, 1.54) is 0 Å². The average Bonchev–Trinajstić information content (AvgIpc) is 3.53. The zero-order valence-corrected chi connectivity index (χ0v) is 19.5. The molecule has 10 nitrogen and oxygen atoms in total. The molecule has 36 heavy (non-hydrogen) atoms. The highest BCUT2D eigenvalue weighted by atomic mass is 16.2. The van der Waals surface area contributed by atoms with E-state index in [9.17, 15) is 9.59 Å². The van der Waals surface area contributed by atoms with Gasteiger partial charge in [0, 0.05) is 49.1 Å². The molecule has 2 aliphatic rings. The van der Waals surface area contributed by atoms with Crippen LogP contribution in [0.15, 0.2) is 79.5 Å². The monoisotopic (exact) mass is 480 g/mol. The number of likely N-dealkylation sites (tertiary alicyclic amines) is 1. The largest absolute Gasteiger partial charge is 0.337 e. The van der Waals surface area contributed by atoms with Gasteiger partial charge < -0.3 is 4.90 Å². The van der Waals surface area contributed by atoms with Gasteiger partial charge in [0.2, 0.25) is 5.91 Å². The molecule has 1 spiro atoms. The topological polar surface area (TPSA) is 109 Å². The first-order chi connectivity index (χ1) is 17.6. The Morgan fingerprint density at radius 2 is 1.72 bits per heavy atom. The molecular formula is C26H24N8O2. The summed E-state index contributed by atoms with van der Waals surface area (Å²) in [5, 5.41) is 8.02. The number of carbonyl (C=O) groups excluding carboxylic acids is 2. The highest BCUT2D eigenvalue weighted by Crippen LogP contribution is 2.32. The van der Waals surface area contributed by atoms with E-state index in [1.54, 1.807) is 51.5 Å². The van der Waals surface area contributed by atoms with E-state index in [4.69, 9.17) is 0 Å². The van der Waals surface area contributed by atoms with E-state index >= 15 is 0 Å². The number of pyridine rings is 1. The lowest BCUT2D eigenvalue weighted by Crippen LogP contribution is -2.55. The standard InChI is InChI=1S/C26H24N8O2/c35-24(21-16-22(19-6-10-27-11-7-19)34(31-21)23-17-28-12-13-29-23)32-14-8-26(9-15-32)25(36)33(18-30-26)20-4-2-1-3-5-20/h1-7,10-13,16-17,30H,8-9,14-15,18H2. The van der Waals surface area contributed by atoms with Gasteiger partial charge in [0.1, 0.15) is 5.54 Å². The third kappa shape index (κ3) is 3.81. The van der Waals surface area contributed by atoms with Crippen LogP contribution in [-0.2, 0) is 4.79 Å². The van der Waals surface area contributed by atoms with Crippen LogP contribution in [0.2, 0.25) is 0 Å². The molecule has 6 rings (SSSR count). The van der Waals surface area contributed by atoms with Crippen LogP contribution in [0.1, 0.15) is 23.3 Å². The van der Waals surface area contributed by atoms with Crippen molar-refractivity contribution in [2.45, 2.75) is 18.4 Å². The minimum absolute atomic E-state index is 0.0627. The Kier molecular flexibility index (Phi) is 5.49. The summed E-state index contributed by atoms with van der Waals surface area (Å²) >= 11 is 0. The molecule has 1 N–H and O–H groups in total. The summed E-state index contributed by atoms with van der Waals surface area (Å²) in [6.45, 7) is 1.39. The predicted octanol–water partition coefficient (Wildman–Crippen LogP) is 2.29. The fourth-order valence-electron chi connectivity index (χ4n) is 4.89. The second-order valence-corrected chi connectivity index (χ2v) is 8.90. The summed E-state index contributed by atoms with van der Waals surface area (Å²) in [7, 11) is 0. The number of piperidine rings is 1. The molecule has 2 saturated heterocycles. The number of aromatic nitrogens is 5. The van der Waals surface area contributed by atoms with Crippen molar-refractivity contribution in [1.82, 2.24) is 34.9 Å². The van der Waals surface area contributed by atoms with Gasteiger partial charge in [-0.05, 0) is 43.2 Å². The van der Waals surface area contributed by atoms with Gasteiger partial charge in [0.05, 0.1) is 18.6 Å². The van der Waals surface area contributed by atoms with Gasteiger partial charge in [-0.3, -0.25) is 29.8 Å². The summed E-state index contributed by atoms with van der Waals surface area (Å²) in [6, 6.07) is 15.1. The summed E-state index contributed by atoms with van der Waals surface area (Å²) in [4.78, 5) is 42.9. The minimum atomic E-state index is -0.645. The van der Waals surface area contributed by atoms with Crippen molar-refractivity contribution in [2.75, 3.05) is 24.7 Å². The van der Waals surface area contributed by atoms with Crippen LogP contribution in [0, 0.1) is 0 Å². The second kappa shape index (κ2) is 8.97. The van der Waals surface area contributed by atoms with Gasteiger partial charge in [-0.25, -0.2) is 9.67 Å². The lowest BCUT2D eigenvalue weighted by Gasteiger charge is -2.37. The van der Waals surface area contributed by atoms with Crippen LogP contribution < -0.4 is 10.2 Å². The number of hydrogen-bond donors (Lipinski definition) is 1. The number of amides is 2. The number of para-hydroxylation sites is 1. The molecule has 2 aliphatic heterocycles. The Hall–Kier alpha value is -4.44. The number of carbonyl (C=O) groups is 2. The van der Waals surface area contributed by atoms with Crippen molar-refractivity contribution in [3.8, 4) is 17.1 Å². The van der Waals surface area contributed by atoms with E-state index in [2.05, 4.69) is 25.4 Å². The number of benzene rings is 1. The van der Waals surface area contributed by atoms with E-state index in [0.717, 1.165) is 16.9 Å². The second-order valence-electron chi connectivity index (χ2n) is 8.90. The Bertz CT molecular complexity index is 1330. The number of nitrogens with one attached hydrogen (secondary N) is 1. The van der Waals surface area contributed by atoms with Gasteiger partial charge in [0.15, 0.2) is 11.5 Å². The lowest BCUT2D eigenvalue weighted by molar-refractivity contribution is -0.123. The predicted molar refractivity (Wildman–Crippen MR) is 132 cm³/mol. The van der Waals surface area contributed by atoms with Crippen molar-refractivity contribution in [3.05, 3.63) is 85.2 Å². The zero-order valence-electron chi connectivity index (χ0n) is 19.5. The number of nitrogens with zero attached hydrogens (tertiary/aromatic N) is 7. The van der Waals surface area contributed by atoms with Gasteiger partial charge in [-0.2, -0.15) is 5.10 Å². The summed E-state index contributed by atoms with van der Waals surface area (Å²) in [5.74, 6) is 0.406. The maximum absolute atomic E-state index is 13.5. The highest BCUT2D eigenvalue weighted by molar-refractivity contribution is 6.02. The van der Waals surface area contributed by atoms with E-state index in [0.29, 0.717) is 44.1 Å². The Morgan fingerprint density at radius 1 is 0.944 bits per heavy atom. The van der Waals surface area contributed by atoms with E-state index in [1.807, 2.05) is 42.5 Å². The van der Waals surface area contributed by atoms with Crippen LogP contribution >= 0.6 is 0 Å². The molecule has 0 atom stereocenters. The quantitative estimate of drug-likeness (QED) is 0.477. The molecule has 0 unspecified atom stereocenters. The molecule has 180 valence electrons. The maximum Gasteiger partial charge on any atom is 0.274 e. The highest BCUT2D eigenvalue weighted by Gasteiger charge is 2.49. The van der Waals surface area contributed by atoms with Crippen LogP contribution in [0.3, 0.4) is 0 Å². The number of anilines is 1. The van der Waals surface area contributed by atoms with Crippen LogP contribution in [0.5, 0.6) is 0 Å². The van der Waals surface area contributed by atoms with Crippen LogP contribution in [-0.4, -0.2) is 66.7 Å². The fraction of sp³-hybridized carbons (Fsp3) is 0.231. The van der Waals surface area contributed by atoms with Gasteiger partial charge in [0.25, 0.3) is 5.91 Å². The molecule has 3 aromatic heterocycles. The van der Waals surface area contributed by atoms with Gasteiger partial charge >= 0.3 is 0 Å². The van der Waals surface area contributed by atoms with Gasteiger partial charge in [-0.1, -0.05) is 18.2 Å². The molecule has 10 heteroatoms. The summed E-state index contributed by atoms with van der Waals surface area (Å²) in [5.41, 5.74) is 2.14. The third-order valence-corrected chi connectivity index (χ3v) is 6.87. The molecule has 0 bridgehead atoms. The first kappa shape index (κ1) is 22.1. The first-order valence-electron chi connectivity index (χ1n) is 11.8. The van der Waals surface area contributed by atoms with Crippen molar-refractivity contribution in [1.29, 1.82) is 0 Å². The maximum atomic E-state index is 13.5. The van der Waals surface area contributed by atoms with Gasteiger partial charge in [-0.15, -0.1) is 0 Å². The molecule has 0 aliphatic carbocycles. The molecule has 2 fully saturated rings. The lowest BCUT2D eigenvalue weighted by atomic mass is 9.87. The van der Waals surface area contributed by atoms with Crippen LogP contribution in [0.4, 0.5) is 5.69 Å². The van der Waals surface area contributed by atoms with Crippen molar-refractivity contribution in [3.63, 3.8) is 0 Å². The minimum Gasteiger partial charge on any atom is -0.337 e. The molecular weight excluding hydrogens is 456 g/mol. The molecule has 2 amide bonds.